The fraction of sp³-hybridized carbons (Fsp3) is 0.200. The molecule has 2 rings (SSSR count). The molecular formula is C15H14BrClFNO2. The molecular weight excluding hydrogens is 361 g/mol. The summed E-state index contributed by atoms with van der Waals surface area (Å²) in [4.78, 5) is 0. The van der Waals surface area contributed by atoms with Crippen LogP contribution in [0.15, 0.2) is 34.8 Å². The molecule has 0 saturated carbocycles. The van der Waals surface area contributed by atoms with Crippen LogP contribution in [0.1, 0.15) is 17.2 Å². The van der Waals surface area contributed by atoms with Crippen molar-refractivity contribution in [3.63, 3.8) is 0 Å². The molecule has 3 nitrogen and oxygen atoms in total. The molecule has 0 bridgehead atoms. The van der Waals surface area contributed by atoms with Crippen LogP contribution in [0.4, 0.5) is 4.39 Å². The van der Waals surface area contributed by atoms with Crippen molar-refractivity contribution in [1.82, 2.24) is 0 Å². The van der Waals surface area contributed by atoms with Gasteiger partial charge in [-0.2, -0.15) is 0 Å². The van der Waals surface area contributed by atoms with Gasteiger partial charge in [0.25, 0.3) is 0 Å². The van der Waals surface area contributed by atoms with Gasteiger partial charge in [0, 0.05) is 22.2 Å². The summed E-state index contributed by atoms with van der Waals surface area (Å²) in [5.41, 5.74) is 7.12. The Morgan fingerprint density at radius 2 is 1.86 bits per heavy atom. The van der Waals surface area contributed by atoms with Crippen molar-refractivity contribution in [2.45, 2.75) is 6.04 Å². The molecule has 1 atom stereocenters. The summed E-state index contributed by atoms with van der Waals surface area (Å²) in [6.45, 7) is 0. The predicted octanol–water partition coefficient (Wildman–Crippen LogP) is 4.31. The molecule has 0 saturated heterocycles. The molecule has 0 radical (unpaired) electrons. The third-order valence-electron chi connectivity index (χ3n) is 3.12. The van der Waals surface area contributed by atoms with Crippen LogP contribution in [0.25, 0.3) is 0 Å². The van der Waals surface area contributed by atoms with Crippen molar-refractivity contribution in [1.29, 1.82) is 0 Å². The van der Waals surface area contributed by atoms with Crippen molar-refractivity contribution in [2.24, 2.45) is 5.73 Å². The van der Waals surface area contributed by atoms with E-state index in [9.17, 15) is 4.39 Å². The van der Waals surface area contributed by atoms with Crippen LogP contribution in [-0.2, 0) is 0 Å². The van der Waals surface area contributed by atoms with Crippen LogP contribution in [0, 0.1) is 5.82 Å². The van der Waals surface area contributed by atoms with E-state index in [-0.39, 0.29) is 0 Å². The Kier molecular flexibility index (Phi) is 5.08. The summed E-state index contributed by atoms with van der Waals surface area (Å²) in [7, 11) is 3.00. The minimum Gasteiger partial charge on any atom is -0.497 e. The van der Waals surface area contributed by atoms with Gasteiger partial charge in [0.1, 0.15) is 17.3 Å². The number of methoxy groups -OCH3 is 2. The van der Waals surface area contributed by atoms with Crippen LogP contribution in [0.5, 0.6) is 11.5 Å². The summed E-state index contributed by atoms with van der Waals surface area (Å²) in [6.07, 6.45) is 0. The number of ether oxygens (including phenoxy) is 2. The average molecular weight is 375 g/mol. The van der Waals surface area contributed by atoms with E-state index < -0.39 is 11.9 Å². The van der Waals surface area contributed by atoms with Crippen LogP contribution in [-0.4, -0.2) is 14.2 Å². The minimum absolute atomic E-state index is 0.336. The molecule has 112 valence electrons. The van der Waals surface area contributed by atoms with Gasteiger partial charge in [0.2, 0.25) is 0 Å². The molecule has 2 aromatic rings. The van der Waals surface area contributed by atoms with E-state index in [4.69, 9.17) is 26.8 Å². The SMILES string of the molecule is COc1ccc(C(N)c2cc(Cl)cc(Br)c2OC)c(F)c1. The molecule has 0 aliphatic rings. The van der Waals surface area contributed by atoms with Crippen molar-refractivity contribution in [2.75, 3.05) is 14.2 Å². The van der Waals surface area contributed by atoms with E-state index in [1.54, 1.807) is 24.3 Å². The largest absolute Gasteiger partial charge is 0.497 e. The highest BCUT2D eigenvalue weighted by molar-refractivity contribution is 9.10. The van der Waals surface area contributed by atoms with Crippen LogP contribution >= 0.6 is 27.5 Å². The van der Waals surface area contributed by atoms with Gasteiger partial charge in [0.15, 0.2) is 0 Å². The molecule has 1 unspecified atom stereocenters. The van der Waals surface area contributed by atoms with Gasteiger partial charge < -0.3 is 15.2 Å². The molecule has 2 aromatic carbocycles. The lowest BCUT2D eigenvalue weighted by molar-refractivity contribution is 0.403. The molecule has 6 heteroatoms. The summed E-state index contributed by atoms with van der Waals surface area (Å²) in [5, 5.41) is 0.488. The second kappa shape index (κ2) is 6.64. The second-order valence-electron chi connectivity index (χ2n) is 4.38. The number of hydrogen-bond acceptors (Lipinski definition) is 3. The number of rotatable bonds is 4. The molecule has 0 amide bonds. The first-order chi connectivity index (χ1) is 9.97. The van der Waals surface area contributed by atoms with Crippen molar-refractivity contribution in [3.8, 4) is 11.5 Å². The monoisotopic (exact) mass is 373 g/mol. The summed E-state index contributed by atoms with van der Waals surface area (Å²) in [5.74, 6) is 0.518. The standard InChI is InChI=1S/C15H14BrClFNO2/c1-20-9-3-4-10(13(18)7-9)14(19)11-5-8(17)6-12(16)15(11)21-2/h3-7,14H,19H2,1-2H3. The molecule has 0 aliphatic heterocycles. The van der Waals surface area contributed by atoms with Gasteiger partial charge >= 0.3 is 0 Å². The highest BCUT2D eigenvalue weighted by Gasteiger charge is 2.20. The van der Waals surface area contributed by atoms with Crippen molar-refractivity contribution in [3.05, 3.63) is 56.8 Å². The molecule has 0 aromatic heterocycles. The predicted molar refractivity (Wildman–Crippen MR) is 84.7 cm³/mol. The first kappa shape index (κ1) is 16.1. The van der Waals surface area contributed by atoms with Crippen molar-refractivity contribution >= 4 is 27.5 Å². The van der Waals surface area contributed by atoms with Gasteiger partial charge in [-0.3, -0.25) is 0 Å². The van der Waals surface area contributed by atoms with E-state index in [0.29, 0.717) is 32.1 Å². The lowest BCUT2D eigenvalue weighted by Gasteiger charge is -2.18. The minimum atomic E-state index is -0.708. The van der Waals surface area contributed by atoms with Gasteiger partial charge in [-0.15, -0.1) is 0 Å². The van der Waals surface area contributed by atoms with Crippen molar-refractivity contribution < 1.29 is 13.9 Å². The average Bonchev–Trinajstić information content (AvgIpc) is 2.45. The Labute approximate surface area is 135 Å². The molecule has 0 spiro atoms. The Bertz CT molecular complexity index is 666. The van der Waals surface area contributed by atoms with E-state index in [1.165, 1.54) is 20.3 Å². The normalized spacial score (nSPS) is 12.1. The Morgan fingerprint density at radius 3 is 2.43 bits per heavy atom. The third kappa shape index (κ3) is 3.31. The quantitative estimate of drug-likeness (QED) is 0.867. The van der Waals surface area contributed by atoms with E-state index in [2.05, 4.69) is 15.9 Å². The van der Waals surface area contributed by atoms with Crippen LogP contribution in [0.3, 0.4) is 0 Å². The topological polar surface area (TPSA) is 44.5 Å². The zero-order valence-electron chi connectivity index (χ0n) is 11.5. The fourth-order valence-corrected chi connectivity index (χ4v) is 3.08. The van der Waals surface area contributed by atoms with E-state index in [1.807, 2.05) is 0 Å². The van der Waals surface area contributed by atoms with Gasteiger partial charge in [0.05, 0.1) is 24.7 Å². The maximum atomic E-state index is 14.2. The fourth-order valence-electron chi connectivity index (χ4n) is 2.08. The molecule has 2 N–H and O–H groups in total. The van der Waals surface area contributed by atoms with E-state index in [0.717, 1.165) is 0 Å². The number of nitrogens with two attached hydrogens (primary N) is 1. The Morgan fingerprint density at radius 1 is 1.14 bits per heavy atom. The smallest absolute Gasteiger partial charge is 0.138 e. The molecule has 0 fully saturated rings. The Balaban J connectivity index is 2.51. The lowest BCUT2D eigenvalue weighted by atomic mass is 9.98. The van der Waals surface area contributed by atoms with Gasteiger partial charge in [-0.1, -0.05) is 17.7 Å². The summed E-state index contributed by atoms with van der Waals surface area (Å²) in [6, 6.07) is 7.19. The number of halogens is 3. The first-order valence-electron chi connectivity index (χ1n) is 6.10. The second-order valence-corrected chi connectivity index (χ2v) is 5.67. The molecule has 21 heavy (non-hydrogen) atoms. The highest BCUT2D eigenvalue weighted by Crippen LogP contribution is 2.38. The lowest BCUT2D eigenvalue weighted by Crippen LogP contribution is -2.15. The van der Waals surface area contributed by atoms with E-state index >= 15 is 0 Å². The maximum absolute atomic E-state index is 14.2. The third-order valence-corrected chi connectivity index (χ3v) is 3.93. The maximum Gasteiger partial charge on any atom is 0.138 e. The number of benzene rings is 2. The number of hydrogen-bond donors (Lipinski definition) is 1. The zero-order valence-corrected chi connectivity index (χ0v) is 13.8. The van der Waals surface area contributed by atoms with Crippen LogP contribution < -0.4 is 15.2 Å². The zero-order chi connectivity index (χ0) is 15.6. The van der Waals surface area contributed by atoms with Gasteiger partial charge in [-0.25, -0.2) is 4.39 Å². The summed E-state index contributed by atoms with van der Waals surface area (Å²) >= 11 is 9.40. The highest BCUT2D eigenvalue weighted by atomic mass is 79.9. The molecule has 0 aliphatic carbocycles. The van der Waals surface area contributed by atoms with Crippen LogP contribution in [0.2, 0.25) is 5.02 Å². The van der Waals surface area contributed by atoms with Gasteiger partial charge in [-0.05, 0) is 34.1 Å². The first-order valence-corrected chi connectivity index (χ1v) is 7.27. The molecule has 0 heterocycles. The Hall–Kier alpha value is -1.30. The summed E-state index contributed by atoms with van der Waals surface area (Å²) < 4.78 is 25.1.